The van der Waals surface area contributed by atoms with Gasteiger partial charge in [-0.3, -0.25) is 20.4 Å². The average Bonchev–Trinajstić information content (AvgIpc) is 3.01. The van der Waals surface area contributed by atoms with Gasteiger partial charge < -0.3 is 4.42 Å². The van der Waals surface area contributed by atoms with Gasteiger partial charge in [-0.25, -0.2) is 4.98 Å². The maximum Gasteiger partial charge on any atom is 0.271 e. The van der Waals surface area contributed by atoms with E-state index in [1.165, 1.54) is 0 Å². The van der Waals surface area contributed by atoms with Crippen LogP contribution in [0.4, 0.5) is 0 Å². The molecular weight excluding hydrogens is 350 g/mol. The highest BCUT2D eigenvalue weighted by molar-refractivity contribution is 7.99. The number of hydrogen-bond donors (Lipinski definition) is 2. The van der Waals surface area contributed by atoms with Crippen LogP contribution in [0.5, 0.6) is 0 Å². The molecule has 0 unspecified atom stereocenters. The summed E-state index contributed by atoms with van der Waals surface area (Å²) >= 11 is 7.05. The number of benzene rings is 2. The lowest BCUT2D eigenvalue weighted by Gasteiger charge is -2.07. The standard InChI is InChI=1S/C16H12ClN3O3S/c17-11-6-2-1-5-10(11)15(22)20-19-14(21)9-24-16-18-12-7-3-4-8-13(12)23-16/h1-8H,9H2,(H,19,21)(H,20,22). The molecule has 0 aliphatic rings. The first-order chi connectivity index (χ1) is 11.6. The van der Waals surface area contributed by atoms with Gasteiger partial charge in [0.05, 0.1) is 16.3 Å². The van der Waals surface area contributed by atoms with Crippen molar-refractivity contribution in [2.75, 3.05) is 5.75 Å². The van der Waals surface area contributed by atoms with E-state index in [0.717, 1.165) is 17.3 Å². The first-order valence-electron chi connectivity index (χ1n) is 6.95. The van der Waals surface area contributed by atoms with Crippen LogP contribution in [0, 0.1) is 0 Å². The number of nitrogens with one attached hydrogen (secondary N) is 2. The van der Waals surface area contributed by atoms with E-state index in [4.69, 9.17) is 16.0 Å². The van der Waals surface area contributed by atoms with Crippen molar-refractivity contribution in [3.05, 3.63) is 59.1 Å². The van der Waals surface area contributed by atoms with Crippen LogP contribution < -0.4 is 10.9 Å². The van der Waals surface area contributed by atoms with Gasteiger partial charge in [0.25, 0.3) is 11.1 Å². The molecule has 3 rings (SSSR count). The lowest BCUT2D eigenvalue weighted by atomic mass is 10.2. The van der Waals surface area contributed by atoms with Crippen molar-refractivity contribution in [3.63, 3.8) is 0 Å². The normalized spacial score (nSPS) is 10.5. The Balaban J connectivity index is 1.51. The Morgan fingerprint density at radius 1 is 1.08 bits per heavy atom. The molecule has 24 heavy (non-hydrogen) atoms. The van der Waals surface area contributed by atoms with E-state index >= 15 is 0 Å². The quantitative estimate of drug-likeness (QED) is 0.551. The molecule has 8 heteroatoms. The molecular formula is C16H12ClN3O3S. The number of hydrogen-bond acceptors (Lipinski definition) is 5. The van der Waals surface area contributed by atoms with E-state index in [1.807, 2.05) is 18.2 Å². The molecule has 0 spiro atoms. The fourth-order valence-electron chi connectivity index (χ4n) is 1.92. The van der Waals surface area contributed by atoms with E-state index in [9.17, 15) is 9.59 Å². The highest BCUT2D eigenvalue weighted by Crippen LogP contribution is 2.22. The molecule has 0 saturated heterocycles. The number of aromatic nitrogens is 1. The van der Waals surface area contributed by atoms with Crippen LogP contribution in [0.25, 0.3) is 11.1 Å². The number of hydrazine groups is 1. The summed E-state index contributed by atoms with van der Waals surface area (Å²) in [4.78, 5) is 28.0. The number of carbonyl (C=O) groups is 2. The second-order valence-corrected chi connectivity index (χ2v) is 6.05. The fraction of sp³-hybridized carbons (Fsp3) is 0.0625. The number of halogens is 1. The summed E-state index contributed by atoms with van der Waals surface area (Å²) in [5.41, 5.74) is 6.31. The predicted octanol–water partition coefficient (Wildman–Crippen LogP) is 3.03. The van der Waals surface area contributed by atoms with Gasteiger partial charge in [0.1, 0.15) is 5.52 Å². The second-order valence-electron chi connectivity index (χ2n) is 4.72. The van der Waals surface area contributed by atoms with Crippen molar-refractivity contribution in [3.8, 4) is 0 Å². The maximum atomic E-state index is 11.9. The number of carbonyl (C=O) groups excluding carboxylic acids is 2. The van der Waals surface area contributed by atoms with Crippen molar-refractivity contribution in [2.24, 2.45) is 0 Å². The zero-order valence-electron chi connectivity index (χ0n) is 12.3. The van der Waals surface area contributed by atoms with E-state index in [2.05, 4.69) is 15.8 Å². The largest absolute Gasteiger partial charge is 0.431 e. The molecule has 0 fully saturated rings. The minimum absolute atomic E-state index is 0.0512. The third kappa shape index (κ3) is 3.87. The molecule has 3 aromatic rings. The predicted molar refractivity (Wildman–Crippen MR) is 91.8 cm³/mol. The monoisotopic (exact) mass is 361 g/mol. The second kappa shape index (κ2) is 7.37. The smallest absolute Gasteiger partial charge is 0.271 e. The summed E-state index contributed by atoms with van der Waals surface area (Å²) in [7, 11) is 0. The van der Waals surface area contributed by atoms with Gasteiger partial charge in [-0.05, 0) is 24.3 Å². The highest BCUT2D eigenvalue weighted by atomic mass is 35.5. The molecule has 0 aliphatic carbocycles. The minimum atomic E-state index is -0.485. The number of thioether (sulfide) groups is 1. The Morgan fingerprint density at radius 3 is 2.62 bits per heavy atom. The molecule has 0 aliphatic heterocycles. The van der Waals surface area contributed by atoms with Crippen LogP contribution in [0.2, 0.25) is 5.02 Å². The van der Waals surface area contributed by atoms with Crippen molar-refractivity contribution in [2.45, 2.75) is 5.22 Å². The van der Waals surface area contributed by atoms with Gasteiger partial charge in [0.15, 0.2) is 5.58 Å². The SMILES string of the molecule is O=C(CSc1nc2ccccc2o1)NNC(=O)c1ccccc1Cl. The summed E-state index contributed by atoms with van der Waals surface area (Å²) in [5.74, 6) is -0.821. The van der Waals surface area contributed by atoms with Gasteiger partial charge in [-0.1, -0.05) is 47.6 Å². The fourth-order valence-corrected chi connectivity index (χ4v) is 2.78. The number of amides is 2. The number of rotatable bonds is 4. The van der Waals surface area contributed by atoms with Gasteiger partial charge >= 0.3 is 0 Å². The lowest BCUT2D eigenvalue weighted by Crippen LogP contribution is -2.42. The van der Waals surface area contributed by atoms with Crippen LogP contribution in [-0.2, 0) is 4.79 Å². The topological polar surface area (TPSA) is 84.2 Å². The molecule has 2 amide bonds. The lowest BCUT2D eigenvalue weighted by molar-refractivity contribution is -0.119. The molecule has 122 valence electrons. The molecule has 2 aromatic carbocycles. The highest BCUT2D eigenvalue weighted by Gasteiger charge is 2.12. The van der Waals surface area contributed by atoms with Crippen LogP contribution in [0.3, 0.4) is 0 Å². The summed E-state index contributed by atoms with van der Waals surface area (Å²) < 4.78 is 5.50. The van der Waals surface area contributed by atoms with Crippen molar-refractivity contribution < 1.29 is 14.0 Å². The summed E-state index contributed by atoms with van der Waals surface area (Å²) in [6.07, 6.45) is 0. The average molecular weight is 362 g/mol. The Hall–Kier alpha value is -2.51. The van der Waals surface area contributed by atoms with Crippen molar-refractivity contribution in [1.29, 1.82) is 0 Å². The van der Waals surface area contributed by atoms with Crippen molar-refractivity contribution >= 4 is 46.3 Å². The Kier molecular flexibility index (Phi) is 5.02. The molecule has 0 bridgehead atoms. The number of fused-ring (bicyclic) bond motifs is 1. The van der Waals surface area contributed by atoms with Crippen molar-refractivity contribution in [1.82, 2.24) is 15.8 Å². The molecule has 6 nitrogen and oxygen atoms in total. The Bertz CT molecular complexity index is 864. The summed E-state index contributed by atoms with van der Waals surface area (Å²) in [6, 6.07) is 13.9. The Morgan fingerprint density at radius 2 is 1.83 bits per heavy atom. The van der Waals surface area contributed by atoms with Gasteiger partial charge in [-0.2, -0.15) is 0 Å². The number of para-hydroxylation sites is 2. The number of oxazole rings is 1. The summed E-state index contributed by atoms with van der Waals surface area (Å²) in [6.45, 7) is 0. The molecule has 2 N–H and O–H groups in total. The molecule has 1 heterocycles. The van der Waals surface area contributed by atoms with Gasteiger partial charge in [-0.15, -0.1) is 0 Å². The first-order valence-corrected chi connectivity index (χ1v) is 8.32. The van der Waals surface area contributed by atoms with Crippen LogP contribution in [0.1, 0.15) is 10.4 Å². The van der Waals surface area contributed by atoms with Crippen LogP contribution in [-0.4, -0.2) is 22.6 Å². The third-order valence-electron chi connectivity index (χ3n) is 3.03. The Labute approximate surface area is 146 Å². The minimum Gasteiger partial charge on any atom is -0.431 e. The molecule has 0 saturated carbocycles. The molecule has 0 radical (unpaired) electrons. The zero-order chi connectivity index (χ0) is 16.9. The van der Waals surface area contributed by atoms with E-state index < -0.39 is 5.91 Å². The molecule has 1 aromatic heterocycles. The zero-order valence-corrected chi connectivity index (χ0v) is 13.9. The van der Waals surface area contributed by atoms with Gasteiger partial charge in [0.2, 0.25) is 5.91 Å². The third-order valence-corrected chi connectivity index (χ3v) is 4.19. The van der Waals surface area contributed by atoms with E-state index in [0.29, 0.717) is 15.8 Å². The maximum absolute atomic E-state index is 11.9. The first kappa shape index (κ1) is 16.4. The van der Waals surface area contributed by atoms with E-state index in [-0.39, 0.29) is 17.2 Å². The molecule has 0 atom stereocenters. The summed E-state index contributed by atoms with van der Waals surface area (Å²) in [5, 5.41) is 0.703. The van der Waals surface area contributed by atoms with Gasteiger partial charge in [0, 0.05) is 0 Å². The number of nitrogens with zero attached hydrogens (tertiary/aromatic N) is 1. The van der Waals surface area contributed by atoms with Crippen LogP contribution in [0.15, 0.2) is 58.2 Å². The van der Waals surface area contributed by atoms with E-state index in [1.54, 1.807) is 30.3 Å². The van der Waals surface area contributed by atoms with Crippen LogP contribution >= 0.6 is 23.4 Å².